The third kappa shape index (κ3) is 2.40. The molecule has 2 N–H and O–H groups in total. The fourth-order valence-corrected chi connectivity index (χ4v) is 2.13. The molecule has 1 aromatic heterocycles. The molecular weight excluding hydrogens is 252 g/mol. The van der Waals surface area contributed by atoms with Crippen molar-refractivity contribution in [3.05, 3.63) is 57.8 Å². The van der Waals surface area contributed by atoms with Crippen molar-refractivity contribution in [3.8, 4) is 0 Å². The summed E-state index contributed by atoms with van der Waals surface area (Å²) in [6.45, 7) is 0. The first kappa shape index (κ1) is 13.1. The van der Waals surface area contributed by atoms with E-state index in [1.807, 2.05) is 11.4 Å². The quantitative estimate of drug-likeness (QED) is 0.880. The number of rotatable bonds is 2. The number of nitrogens with two attached hydrogens (primary N) is 1. The van der Waals surface area contributed by atoms with Crippen molar-refractivity contribution < 1.29 is 8.78 Å². The van der Waals surface area contributed by atoms with Gasteiger partial charge in [0.15, 0.2) is 11.6 Å². The molecule has 2 rings (SSSR count). The van der Waals surface area contributed by atoms with Gasteiger partial charge in [0.25, 0.3) is 0 Å². The lowest BCUT2D eigenvalue weighted by molar-refractivity contribution is 0.495. The highest BCUT2D eigenvalue weighted by Gasteiger charge is 2.16. The molecule has 0 bridgehead atoms. The number of thiophene rings is 1. The zero-order valence-corrected chi connectivity index (χ0v) is 9.82. The van der Waals surface area contributed by atoms with Gasteiger partial charge in [0.1, 0.15) is 0 Å². The largest absolute Gasteiger partial charge is 0.320 e. The first-order valence-corrected chi connectivity index (χ1v) is 5.31. The number of halogens is 3. The fourth-order valence-electron chi connectivity index (χ4n) is 1.38. The Hall–Kier alpha value is -0.970. The molecular formula is C11H10ClF2NS. The zero-order valence-electron chi connectivity index (χ0n) is 8.19. The molecule has 86 valence electrons. The fraction of sp³-hybridized carbons (Fsp3) is 0.0909. The summed E-state index contributed by atoms with van der Waals surface area (Å²) in [5.74, 6) is -1.72. The molecule has 0 aliphatic carbocycles. The normalized spacial score (nSPS) is 11.9. The second-order valence-electron chi connectivity index (χ2n) is 3.14. The van der Waals surface area contributed by atoms with Crippen molar-refractivity contribution in [3.63, 3.8) is 0 Å². The molecule has 0 radical (unpaired) electrons. The summed E-state index contributed by atoms with van der Waals surface area (Å²) in [4.78, 5) is 0.819. The minimum absolute atomic E-state index is 0. The Labute approximate surface area is 102 Å². The minimum atomic E-state index is -0.863. The molecule has 16 heavy (non-hydrogen) atoms. The van der Waals surface area contributed by atoms with Gasteiger partial charge in [-0.25, -0.2) is 8.78 Å². The summed E-state index contributed by atoms with van der Waals surface area (Å²) in [6, 6.07) is 7.08. The highest BCUT2D eigenvalue weighted by atomic mass is 35.5. The summed E-state index contributed by atoms with van der Waals surface area (Å²) in [5, 5.41) is 1.85. The van der Waals surface area contributed by atoms with Crippen LogP contribution in [0.2, 0.25) is 0 Å². The van der Waals surface area contributed by atoms with E-state index >= 15 is 0 Å². The van der Waals surface area contributed by atoms with Crippen molar-refractivity contribution in [1.82, 2.24) is 0 Å². The Bertz CT molecular complexity index is 459. The maximum absolute atomic E-state index is 13.4. The Morgan fingerprint density at radius 1 is 1.12 bits per heavy atom. The highest BCUT2D eigenvalue weighted by molar-refractivity contribution is 7.10. The Kier molecular flexibility index (Phi) is 4.41. The third-order valence-corrected chi connectivity index (χ3v) is 3.12. The van der Waals surface area contributed by atoms with Crippen LogP contribution in [0, 0.1) is 11.6 Å². The molecule has 1 aromatic carbocycles. The molecule has 0 saturated carbocycles. The van der Waals surface area contributed by atoms with E-state index in [-0.39, 0.29) is 18.0 Å². The molecule has 1 heterocycles. The lowest BCUT2D eigenvalue weighted by atomic mass is 10.1. The number of benzene rings is 1. The minimum Gasteiger partial charge on any atom is -0.320 e. The third-order valence-electron chi connectivity index (χ3n) is 2.17. The molecule has 5 heteroatoms. The van der Waals surface area contributed by atoms with Crippen LogP contribution in [0.3, 0.4) is 0 Å². The second-order valence-corrected chi connectivity index (χ2v) is 4.12. The monoisotopic (exact) mass is 261 g/mol. The van der Waals surface area contributed by atoms with Crippen molar-refractivity contribution >= 4 is 23.7 Å². The standard InChI is InChI=1S/C11H9F2NS.ClH/c12-8-4-1-3-7(10(8)13)11(14)9-5-2-6-15-9;/h1-6,11H,14H2;1H/t11-;/m0./s1. The maximum atomic E-state index is 13.4. The van der Waals surface area contributed by atoms with Crippen LogP contribution < -0.4 is 5.73 Å². The molecule has 0 amide bonds. The van der Waals surface area contributed by atoms with E-state index < -0.39 is 17.7 Å². The lowest BCUT2D eigenvalue weighted by Gasteiger charge is -2.11. The van der Waals surface area contributed by atoms with Crippen LogP contribution in [0.15, 0.2) is 35.7 Å². The van der Waals surface area contributed by atoms with Gasteiger partial charge in [-0.2, -0.15) is 0 Å². The lowest BCUT2D eigenvalue weighted by Crippen LogP contribution is -2.12. The Balaban J connectivity index is 0.00000128. The predicted octanol–water partition coefficient (Wildman–Crippen LogP) is 3.50. The molecule has 0 saturated heterocycles. The summed E-state index contributed by atoms with van der Waals surface area (Å²) in [5.41, 5.74) is 6.03. The van der Waals surface area contributed by atoms with Crippen LogP contribution in [-0.2, 0) is 0 Å². The van der Waals surface area contributed by atoms with Crippen molar-refractivity contribution in [2.45, 2.75) is 6.04 Å². The molecule has 2 aromatic rings. The van der Waals surface area contributed by atoms with Gasteiger partial charge in [-0.15, -0.1) is 23.7 Å². The van der Waals surface area contributed by atoms with Crippen LogP contribution in [0.4, 0.5) is 8.78 Å². The van der Waals surface area contributed by atoms with Gasteiger partial charge < -0.3 is 5.73 Å². The summed E-state index contributed by atoms with van der Waals surface area (Å²) >= 11 is 1.43. The molecule has 0 unspecified atom stereocenters. The van der Waals surface area contributed by atoms with E-state index in [0.29, 0.717) is 0 Å². The van der Waals surface area contributed by atoms with E-state index in [4.69, 9.17) is 5.73 Å². The SMILES string of the molecule is Cl.N[C@H](c1cccs1)c1cccc(F)c1F. The zero-order chi connectivity index (χ0) is 10.8. The molecule has 0 fully saturated rings. The van der Waals surface area contributed by atoms with Gasteiger partial charge in [-0.3, -0.25) is 0 Å². The number of hydrogen-bond donors (Lipinski definition) is 1. The van der Waals surface area contributed by atoms with Gasteiger partial charge in [0.2, 0.25) is 0 Å². The smallest absolute Gasteiger partial charge is 0.163 e. The van der Waals surface area contributed by atoms with E-state index in [2.05, 4.69) is 0 Å². The van der Waals surface area contributed by atoms with Crippen LogP contribution >= 0.6 is 23.7 Å². The van der Waals surface area contributed by atoms with E-state index in [9.17, 15) is 8.78 Å². The van der Waals surface area contributed by atoms with E-state index in [1.54, 1.807) is 6.07 Å². The van der Waals surface area contributed by atoms with Crippen molar-refractivity contribution in [1.29, 1.82) is 0 Å². The average Bonchev–Trinajstić information content (AvgIpc) is 2.74. The first-order valence-electron chi connectivity index (χ1n) is 4.43. The summed E-state index contributed by atoms with van der Waals surface area (Å²) < 4.78 is 26.3. The van der Waals surface area contributed by atoms with Crippen molar-refractivity contribution in [2.75, 3.05) is 0 Å². The van der Waals surface area contributed by atoms with Crippen LogP contribution in [0.1, 0.15) is 16.5 Å². The highest BCUT2D eigenvalue weighted by Crippen LogP contribution is 2.26. The molecule has 0 aliphatic rings. The van der Waals surface area contributed by atoms with Gasteiger partial charge in [-0.1, -0.05) is 18.2 Å². The van der Waals surface area contributed by atoms with Crippen LogP contribution in [-0.4, -0.2) is 0 Å². The Morgan fingerprint density at radius 2 is 1.88 bits per heavy atom. The topological polar surface area (TPSA) is 26.0 Å². The van der Waals surface area contributed by atoms with Gasteiger partial charge in [0, 0.05) is 10.4 Å². The molecule has 0 spiro atoms. The molecule has 1 atom stereocenters. The van der Waals surface area contributed by atoms with Gasteiger partial charge >= 0.3 is 0 Å². The molecule has 1 nitrogen and oxygen atoms in total. The van der Waals surface area contributed by atoms with Crippen LogP contribution in [0.25, 0.3) is 0 Å². The van der Waals surface area contributed by atoms with Crippen LogP contribution in [0.5, 0.6) is 0 Å². The first-order chi connectivity index (χ1) is 7.20. The molecule has 0 aliphatic heterocycles. The predicted molar refractivity (Wildman–Crippen MR) is 64.0 cm³/mol. The van der Waals surface area contributed by atoms with Crippen molar-refractivity contribution in [2.24, 2.45) is 5.73 Å². The van der Waals surface area contributed by atoms with E-state index in [0.717, 1.165) is 10.9 Å². The average molecular weight is 262 g/mol. The van der Waals surface area contributed by atoms with E-state index in [1.165, 1.54) is 23.5 Å². The number of hydrogen-bond acceptors (Lipinski definition) is 2. The van der Waals surface area contributed by atoms with Gasteiger partial charge in [-0.05, 0) is 17.5 Å². The Morgan fingerprint density at radius 3 is 2.50 bits per heavy atom. The van der Waals surface area contributed by atoms with Gasteiger partial charge in [0.05, 0.1) is 6.04 Å². The second kappa shape index (κ2) is 5.39. The summed E-state index contributed by atoms with van der Waals surface area (Å²) in [7, 11) is 0. The maximum Gasteiger partial charge on any atom is 0.163 e. The summed E-state index contributed by atoms with van der Waals surface area (Å²) in [6.07, 6.45) is 0.